The average molecular weight is 214 g/mol. The molecule has 0 aromatic rings. The molecule has 0 radical (unpaired) electrons. The lowest BCUT2D eigenvalue weighted by molar-refractivity contribution is -0.121. The van der Waals surface area contributed by atoms with Crippen molar-refractivity contribution < 1.29 is 4.79 Å². The van der Waals surface area contributed by atoms with E-state index in [1.165, 1.54) is 0 Å². The number of thiol groups is 1. The number of nitrogens with one attached hydrogen (secondary N) is 1. The van der Waals surface area contributed by atoms with Gasteiger partial charge in [-0.3, -0.25) is 9.69 Å². The number of amides is 1. The van der Waals surface area contributed by atoms with Gasteiger partial charge in [-0.15, -0.1) is 0 Å². The third kappa shape index (κ3) is 1.44. The van der Waals surface area contributed by atoms with Crippen molar-refractivity contribution in [2.24, 2.45) is 0 Å². The molecule has 0 aliphatic carbocycles. The Kier molecular flexibility index (Phi) is 2.52. The number of nitrogens with zero attached hydrogens (tertiary/aromatic N) is 1. The highest BCUT2D eigenvalue weighted by molar-refractivity contribution is 7.81. The summed E-state index contributed by atoms with van der Waals surface area (Å²) in [5, 5.41) is 3.47. The lowest BCUT2D eigenvalue weighted by atomic mass is 10.1. The highest BCUT2D eigenvalue weighted by Gasteiger charge is 2.51. The van der Waals surface area contributed by atoms with E-state index in [2.05, 4.69) is 36.7 Å². The summed E-state index contributed by atoms with van der Waals surface area (Å²) in [5.74, 6) is 0.192. The summed E-state index contributed by atoms with van der Waals surface area (Å²) in [6.07, 6.45) is 3.02. The maximum Gasteiger partial charge on any atom is 0.238 e. The molecule has 0 aromatic heterocycles. The number of hydrogen-bond acceptors (Lipinski definition) is 3. The number of rotatable bonds is 2. The molecule has 0 aromatic carbocycles. The second kappa shape index (κ2) is 3.42. The first kappa shape index (κ1) is 10.3. The van der Waals surface area contributed by atoms with Gasteiger partial charge in [-0.2, -0.15) is 12.6 Å². The summed E-state index contributed by atoms with van der Waals surface area (Å²) in [7, 11) is 0. The molecule has 14 heavy (non-hydrogen) atoms. The molecule has 0 bridgehead atoms. The van der Waals surface area contributed by atoms with E-state index in [4.69, 9.17) is 0 Å². The minimum atomic E-state index is -0.117. The number of carbonyl (C=O) groups is 1. The molecule has 2 aliphatic rings. The van der Waals surface area contributed by atoms with E-state index in [1.807, 2.05) is 0 Å². The highest BCUT2D eigenvalue weighted by atomic mass is 32.1. The van der Waals surface area contributed by atoms with Gasteiger partial charge < -0.3 is 5.32 Å². The summed E-state index contributed by atoms with van der Waals surface area (Å²) in [4.78, 5) is 14.0. The first-order chi connectivity index (χ1) is 6.57. The van der Waals surface area contributed by atoms with E-state index >= 15 is 0 Å². The Morgan fingerprint density at radius 2 is 2.43 bits per heavy atom. The second-order valence-corrected chi connectivity index (χ2v) is 5.30. The van der Waals surface area contributed by atoms with Crippen LogP contribution in [0.4, 0.5) is 0 Å². The van der Waals surface area contributed by atoms with Crippen LogP contribution in [0.1, 0.15) is 33.1 Å². The molecule has 3 nitrogen and oxygen atoms in total. The smallest absolute Gasteiger partial charge is 0.238 e. The van der Waals surface area contributed by atoms with Crippen LogP contribution in [-0.4, -0.2) is 34.3 Å². The molecule has 0 saturated carbocycles. The maximum absolute atomic E-state index is 11.7. The molecule has 1 amide bonds. The van der Waals surface area contributed by atoms with E-state index < -0.39 is 0 Å². The van der Waals surface area contributed by atoms with Gasteiger partial charge in [0.2, 0.25) is 5.91 Å². The molecule has 3 atom stereocenters. The van der Waals surface area contributed by atoms with Crippen LogP contribution in [0.2, 0.25) is 0 Å². The Labute approximate surface area is 90.6 Å². The van der Waals surface area contributed by atoms with Gasteiger partial charge in [-0.05, 0) is 19.8 Å². The first-order valence-electron chi connectivity index (χ1n) is 5.33. The third-order valence-corrected chi connectivity index (χ3v) is 3.72. The predicted molar refractivity (Wildman–Crippen MR) is 59.3 cm³/mol. The van der Waals surface area contributed by atoms with Gasteiger partial charge in [0.05, 0.1) is 11.7 Å². The molecule has 0 unspecified atom stereocenters. The summed E-state index contributed by atoms with van der Waals surface area (Å²) in [5.41, 5.74) is -0.117. The fourth-order valence-electron chi connectivity index (χ4n) is 2.72. The molecule has 2 fully saturated rings. The van der Waals surface area contributed by atoms with Gasteiger partial charge >= 0.3 is 0 Å². The molecular weight excluding hydrogens is 196 g/mol. The van der Waals surface area contributed by atoms with Gasteiger partial charge in [-0.25, -0.2) is 0 Å². The van der Waals surface area contributed by atoms with E-state index in [9.17, 15) is 4.79 Å². The zero-order valence-electron chi connectivity index (χ0n) is 8.79. The largest absolute Gasteiger partial charge is 0.337 e. The lowest BCUT2D eigenvalue weighted by Gasteiger charge is -2.33. The van der Waals surface area contributed by atoms with Crippen molar-refractivity contribution in [2.45, 2.75) is 50.1 Å². The summed E-state index contributed by atoms with van der Waals surface area (Å²) in [6.45, 7) is 5.21. The number of hydrogen-bond donors (Lipinski definition) is 2. The standard InChI is InChI=1S/C10H18N2OS/c1-3-4-10(2)11-9(13)8-5-7(14)6-12(8)10/h7-8,14H,3-6H2,1-2H3,(H,11,13)/t7-,8-,10+/m0/s1. The van der Waals surface area contributed by atoms with Crippen molar-refractivity contribution in [3.05, 3.63) is 0 Å². The quantitative estimate of drug-likeness (QED) is 0.672. The molecular formula is C10H18N2OS. The fourth-order valence-corrected chi connectivity index (χ4v) is 3.10. The van der Waals surface area contributed by atoms with E-state index in [0.717, 1.165) is 25.8 Å². The van der Waals surface area contributed by atoms with Crippen molar-refractivity contribution in [3.8, 4) is 0 Å². The summed E-state index contributed by atoms with van der Waals surface area (Å²) >= 11 is 4.46. The summed E-state index contributed by atoms with van der Waals surface area (Å²) in [6, 6.07) is 0.0778. The lowest BCUT2D eigenvalue weighted by Crippen LogP contribution is -2.49. The topological polar surface area (TPSA) is 32.3 Å². The fraction of sp³-hybridized carbons (Fsp3) is 0.900. The normalized spacial score (nSPS) is 42.6. The van der Waals surface area contributed by atoms with Crippen LogP contribution in [-0.2, 0) is 4.79 Å². The molecule has 2 aliphatic heterocycles. The SMILES string of the molecule is CCC[C@]1(C)NC(=O)[C@@H]2C[C@H](S)CN21. The van der Waals surface area contributed by atoms with E-state index in [-0.39, 0.29) is 17.6 Å². The molecule has 0 spiro atoms. The van der Waals surface area contributed by atoms with Gasteiger partial charge in [0.1, 0.15) is 0 Å². The monoisotopic (exact) mass is 214 g/mol. The van der Waals surface area contributed by atoms with E-state index in [1.54, 1.807) is 0 Å². The Balaban J connectivity index is 2.18. The Morgan fingerprint density at radius 3 is 3.07 bits per heavy atom. The zero-order chi connectivity index (χ0) is 10.3. The average Bonchev–Trinajstić information content (AvgIpc) is 2.55. The number of carbonyl (C=O) groups excluding carboxylic acids is 1. The Bertz CT molecular complexity index is 259. The minimum absolute atomic E-state index is 0.0778. The van der Waals surface area contributed by atoms with Crippen LogP contribution >= 0.6 is 12.6 Å². The second-order valence-electron chi connectivity index (χ2n) is 4.57. The number of fused-ring (bicyclic) bond motifs is 1. The van der Waals surface area contributed by atoms with Crippen molar-refractivity contribution in [3.63, 3.8) is 0 Å². The first-order valence-corrected chi connectivity index (χ1v) is 5.85. The Morgan fingerprint density at radius 1 is 1.71 bits per heavy atom. The molecule has 2 heterocycles. The van der Waals surface area contributed by atoms with Gasteiger partial charge in [0, 0.05) is 11.8 Å². The van der Waals surface area contributed by atoms with Crippen molar-refractivity contribution in [1.29, 1.82) is 0 Å². The van der Waals surface area contributed by atoms with Gasteiger partial charge in [0.15, 0.2) is 0 Å². The van der Waals surface area contributed by atoms with Crippen molar-refractivity contribution >= 4 is 18.5 Å². The Hall–Kier alpha value is -0.220. The maximum atomic E-state index is 11.7. The van der Waals surface area contributed by atoms with Gasteiger partial charge in [0.25, 0.3) is 0 Å². The minimum Gasteiger partial charge on any atom is -0.337 e. The summed E-state index contributed by atoms with van der Waals surface area (Å²) < 4.78 is 0. The van der Waals surface area contributed by atoms with Crippen molar-refractivity contribution in [1.82, 2.24) is 10.2 Å². The van der Waals surface area contributed by atoms with E-state index in [0.29, 0.717) is 5.25 Å². The van der Waals surface area contributed by atoms with Crippen molar-refractivity contribution in [2.75, 3.05) is 6.54 Å². The van der Waals surface area contributed by atoms with Crippen LogP contribution in [0, 0.1) is 0 Å². The molecule has 1 N–H and O–H groups in total. The van der Waals surface area contributed by atoms with Gasteiger partial charge in [-0.1, -0.05) is 13.3 Å². The third-order valence-electron chi connectivity index (χ3n) is 3.34. The predicted octanol–water partition coefficient (Wildman–Crippen LogP) is 1.01. The van der Waals surface area contributed by atoms with Crippen LogP contribution in [0.3, 0.4) is 0 Å². The van der Waals surface area contributed by atoms with Crippen LogP contribution in [0.15, 0.2) is 0 Å². The van der Waals surface area contributed by atoms with Crippen LogP contribution in [0.5, 0.6) is 0 Å². The van der Waals surface area contributed by atoms with Crippen LogP contribution < -0.4 is 5.32 Å². The molecule has 4 heteroatoms. The van der Waals surface area contributed by atoms with Crippen LogP contribution in [0.25, 0.3) is 0 Å². The molecule has 80 valence electrons. The highest BCUT2D eigenvalue weighted by Crippen LogP contribution is 2.35. The molecule has 2 rings (SSSR count). The zero-order valence-corrected chi connectivity index (χ0v) is 9.68. The molecule has 2 saturated heterocycles.